The summed E-state index contributed by atoms with van der Waals surface area (Å²) in [6.45, 7) is 11.0. The van der Waals surface area contributed by atoms with Crippen molar-refractivity contribution in [1.82, 2.24) is 39.5 Å². The standard InChI is InChI=1S/C36H55N9O5/c1-4-6-22-50-35-40-32(37)31-33(41-35)45(36(48)39-31)29-25-44(21-20-43(29)19-10-18-42-16-8-7-9-17-42)28(11-5-2)34(47)38-24-27-14-12-26(13-15-27)23-30(46)49-3/h12-15,28-29H,4-11,16-25H2,1-3H3,(H,38,47)(H,39,48)(H2,37,40,41). The number of amides is 1. The van der Waals surface area contributed by atoms with Gasteiger partial charge in [0.05, 0.1) is 26.2 Å². The Morgan fingerprint density at radius 3 is 2.48 bits per heavy atom. The van der Waals surface area contributed by atoms with Crippen molar-refractivity contribution in [2.45, 2.75) is 90.4 Å². The van der Waals surface area contributed by atoms with Gasteiger partial charge < -0.3 is 30.4 Å². The van der Waals surface area contributed by atoms with Crippen LogP contribution in [0.5, 0.6) is 6.01 Å². The maximum Gasteiger partial charge on any atom is 0.329 e. The maximum absolute atomic E-state index is 13.8. The van der Waals surface area contributed by atoms with Crippen LogP contribution >= 0.6 is 0 Å². The molecular formula is C36H55N9O5. The van der Waals surface area contributed by atoms with Crippen molar-refractivity contribution < 1.29 is 19.1 Å². The van der Waals surface area contributed by atoms with Gasteiger partial charge >= 0.3 is 17.7 Å². The number of piperazine rings is 1. The van der Waals surface area contributed by atoms with Crippen molar-refractivity contribution in [3.8, 4) is 6.01 Å². The van der Waals surface area contributed by atoms with Crippen LogP contribution in [-0.2, 0) is 27.3 Å². The number of aromatic amines is 1. The molecule has 3 aromatic rings. The average Bonchev–Trinajstić information content (AvgIpc) is 3.46. The van der Waals surface area contributed by atoms with E-state index in [1.807, 2.05) is 24.3 Å². The zero-order chi connectivity index (χ0) is 35.5. The molecule has 4 N–H and O–H groups in total. The molecule has 2 atom stereocenters. The number of hydrogen-bond donors (Lipinski definition) is 3. The van der Waals surface area contributed by atoms with Gasteiger partial charge in [0.25, 0.3) is 0 Å². The van der Waals surface area contributed by atoms with Crippen molar-refractivity contribution in [3.05, 3.63) is 45.9 Å². The quantitative estimate of drug-likeness (QED) is 0.141. The molecule has 2 aromatic heterocycles. The first-order chi connectivity index (χ1) is 24.3. The molecule has 1 aromatic carbocycles. The predicted molar refractivity (Wildman–Crippen MR) is 193 cm³/mol. The van der Waals surface area contributed by atoms with Gasteiger partial charge in [-0.25, -0.2) is 4.79 Å². The van der Waals surface area contributed by atoms with E-state index in [9.17, 15) is 14.4 Å². The SMILES string of the molecule is CCCCOc1nc(N)c2[nH]c(=O)n(C3CN(C(CCC)C(=O)NCc4ccc(CC(=O)OC)cc4)CCN3CCCN3CCCCC3)c2n1. The van der Waals surface area contributed by atoms with Gasteiger partial charge in [-0.2, -0.15) is 9.97 Å². The van der Waals surface area contributed by atoms with Crippen molar-refractivity contribution in [3.63, 3.8) is 0 Å². The van der Waals surface area contributed by atoms with Crippen LogP contribution in [0.3, 0.4) is 0 Å². The van der Waals surface area contributed by atoms with Crippen LogP contribution in [0, 0.1) is 0 Å². The van der Waals surface area contributed by atoms with Gasteiger partial charge in [-0.05, 0) is 62.9 Å². The number of carbonyl (C=O) groups excluding carboxylic acids is 2. The largest absolute Gasteiger partial charge is 0.469 e. The summed E-state index contributed by atoms with van der Waals surface area (Å²) < 4.78 is 12.3. The molecule has 1 amide bonds. The molecule has 2 saturated heterocycles. The first-order valence-corrected chi connectivity index (χ1v) is 18.3. The average molecular weight is 694 g/mol. The first-order valence-electron chi connectivity index (χ1n) is 18.3. The minimum Gasteiger partial charge on any atom is -0.469 e. The Kier molecular flexibility index (Phi) is 13.6. The van der Waals surface area contributed by atoms with Crippen LogP contribution in [-0.4, -0.2) is 112 Å². The highest BCUT2D eigenvalue weighted by Gasteiger charge is 2.36. The monoisotopic (exact) mass is 693 g/mol. The Labute approximate surface area is 294 Å². The Morgan fingerprint density at radius 1 is 1.00 bits per heavy atom. The number of hydrogen-bond acceptors (Lipinski definition) is 11. The molecule has 50 heavy (non-hydrogen) atoms. The van der Waals surface area contributed by atoms with E-state index in [-0.39, 0.29) is 48.0 Å². The molecule has 0 spiro atoms. The molecule has 2 aliphatic heterocycles. The molecule has 14 nitrogen and oxygen atoms in total. The van der Waals surface area contributed by atoms with E-state index in [1.54, 1.807) is 4.57 Å². The second-order valence-electron chi connectivity index (χ2n) is 13.5. The fourth-order valence-corrected chi connectivity index (χ4v) is 7.02. The minimum absolute atomic E-state index is 0.0489. The van der Waals surface area contributed by atoms with Gasteiger partial charge in [0.15, 0.2) is 11.5 Å². The summed E-state index contributed by atoms with van der Waals surface area (Å²) >= 11 is 0. The van der Waals surface area contributed by atoms with Crippen molar-refractivity contribution in [1.29, 1.82) is 0 Å². The number of esters is 1. The number of nitrogen functional groups attached to an aromatic ring is 1. The number of H-pyrrole nitrogens is 1. The summed E-state index contributed by atoms with van der Waals surface area (Å²) in [6.07, 6.45) is 7.93. The van der Waals surface area contributed by atoms with Crippen LogP contribution in [0.1, 0.15) is 82.5 Å². The molecule has 0 radical (unpaired) electrons. The Hall–Kier alpha value is -4.01. The minimum atomic E-state index is -0.376. The lowest BCUT2D eigenvalue weighted by Crippen LogP contribution is -2.58. The Balaban J connectivity index is 1.36. The molecule has 0 saturated carbocycles. The lowest BCUT2D eigenvalue weighted by atomic mass is 10.1. The molecule has 2 unspecified atom stereocenters. The molecule has 274 valence electrons. The third kappa shape index (κ3) is 9.61. The number of ether oxygens (including phenoxy) is 2. The molecule has 5 rings (SSSR count). The van der Waals surface area contributed by atoms with Crippen LogP contribution < -0.4 is 21.5 Å². The number of anilines is 1. The molecule has 0 aliphatic carbocycles. The second kappa shape index (κ2) is 18.3. The highest BCUT2D eigenvalue weighted by molar-refractivity contribution is 5.82. The number of nitrogens with two attached hydrogens (primary N) is 1. The number of rotatable bonds is 17. The van der Waals surface area contributed by atoms with E-state index in [0.717, 1.165) is 63.0 Å². The number of likely N-dealkylation sites (tertiary alicyclic amines) is 1. The molecular weight excluding hydrogens is 638 g/mol. The molecule has 2 fully saturated rings. The number of imidazole rings is 1. The van der Waals surface area contributed by atoms with E-state index in [2.05, 4.69) is 48.8 Å². The predicted octanol–water partition coefficient (Wildman–Crippen LogP) is 3.07. The smallest absolute Gasteiger partial charge is 0.329 e. The lowest BCUT2D eigenvalue weighted by Gasteiger charge is -2.44. The van der Waals surface area contributed by atoms with E-state index in [0.29, 0.717) is 50.4 Å². The van der Waals surface area contributed by atoms with Gasteiger partial charge in [-0.15, -0.1) is 0 Å². The molecule has 14 heteroatoms. The number of unbranched alkanes of at least 4 members (excludes halogenated alkanes) is 1. The number of nitrogens with one attached hydrogen (secondary N) is 2. The van der Waals surface area contributed by atoms with Crippen molar-refractivity contribution in [2.24, 2.45) is 0 Å². The maximum atomic E-state index is 13.8. The third-order valence-electron chi connectivity index (χ3n) is 9.84. The van der Waals surface area contributed by atoms with E-state index >= 15 is 0 Å². The lowest BCUT2D eigenvalue weighted by molar-refractivity contribution is -0.139. The molecule has 4 heterocycles. The van der Waals surface area contributed by atoms with Gasteiger partial charge in [0.2, 0.25) is 5.91 Å². The molecule has 2 aliphatic rings. The summed E-state index contributed by atoms with van der Waals surface area (Å²) in [4.78, 5) is 58.1. The number of carbonyl (C=O) groups is 2. The summed E-state index contributed by atoms with van der Waals surface area (Å²) in [7, 11) is 1.38. The highest BCUT2D eigenvalue weighted by atomic mass is 16.5. The Bertz CT molecular complexity index is 1600. The molecule has 0 bridgehead atoms. The van der Waals surface area contributed by atoms with Crippen LogP contribution in [0.25, 0.3) is 11.2 Å². The zero-order valence-corrected chi connectivity index (χ0v) is 30.0. The van der Waals surface area contributed by atoms with Crippen LogP contribution in [0.4, 0.5) is 5.82 Å². The summed E-state index contributed by atoms with van der Waals surface area (Å²) in [5.41, 5.74) is 8.61. The number of benzene rings is 1. The Morgan fingerprint density at radius 2 is 1.76 bits per heavy atom. The summed E-state index contributed by atoms with van der Waals surface area (Å²) in [5, 5.41) is 3.14. The van der Waals surface area contributed by atoms with Gasteiger partial charge in [-0.1, -0.05) is 57.4 Å². The fraction of sp³-hybridized carbons (Fsp3) is 0.639. The normalized spacial score (nSPS) is 18.3. The van der Waals surface area contributed by atoms with E-state index in [4.69, 9.17) is 15.2 Å². The number of piperidine rings is 1. The third-order valence-corrected chi connectivity index (χ3v) is 9.84. The van der Waals surface area contributed by atoms with Gasteiger partial charge in [0.1, 0.15) is 11.7 Å². The number of nitrogens with zero attached hydrogens (tertiary/aromatic N) is 6. The summed E-state index contributed by atoms with van der Waals surface area (Å²) in [5.74, 6) is -0.170. The fourth-order valence-electron chi connectivity index (χ4n) is 7.02. The topological polar surface area (TPSA) is 164 Å². The first kappa shape index (κ1) is 37.3. The van der Waals surface area contributed by atoms with E-state index in [1.165, 1.54) is 26.4 Å². The zero-order valence-electron chi connectivity index (χ0n) is 30.0. The second-order valence-corrected chi connectivity index (χ2v) is 13.5. The van der Waals surface area contributed by atoms with Crippen LogP contribution in [0.2, 0.25) is 0 Å². The number of aromatic nitrogens is 4. The van der Waals surface area contributed by atoms with Gasteiger partial charge in [-0.3, -0.25) is 24.0 Å². The van der Waals surface area contributed by atoms with Crippen molar-refractivity contribution in [2.75, 3.05) is 65.3 Å². The number of fused-ring (bicyclic) bond motifs is 1. The highest BCUT2D eigenvalue weighted by Crippen LogP contribution is 2.27. The van der Waals surface area contributed by atoms with Crippen LogP contribution in [0.15, 0.2) is 29.1 Å². The van der Waals surface area contributed by atoms with Gasteiger partial charge in [0, 0.05) is 32.7 Å². The number of methoxy groups -OCH3 is 1. The van der Waals surface area contributed by atoms with Crippen molar-refractivity contribution >= 4 is 28.9 Å². The summed E-state index contributed by atoms with van der Waals surface area (Å²) in [6, 6.07) is 7.39. The van der Waals surface area contributed by atoms with E-state index < -0.39 is 0 Å².